The van der Waals surface area contributed by atoms with Crippen LogP contribution in [0.3, 0.4) is 0 Å². The number of aliphatic hydroxyl groups is 1. The molecule has 6 nitrogen and oxygen atoms in total. The molecule has 1 amide bonds. The van der Waals surface area contributed by atoms with Gasteiger partial charge >= 0.3 is 0 Å². The molecule has 2 fully saturated rings. The van der Waals surface area contributed by atoms with E-state index in [-0.39, 0.29) is 24.4 Å². The maximum absolute atomic E-state index is 13.2. The van der Waals surface area contributed by atoms with Gasteiger partial charge in [-0.15, -0.1) is 6.58 Å². The van der Waals surface area contributed by atoms with Crippen molar-refractivity contribution >= 4 is 5.91 Å². The summed E-state index contributed by atoms with van der Waals surface area (Å²) in [6, 6.07) is 5.70. The molecule has 29 heavy (non-hydrogen) atoms. The Hall–Kier alpha value is -1.80. The molecule has 0 bridgehead atoms. The number of halogens is 1. The van der Waals surface area contributed by atoms with E-state index < -0.39 is 6.10 Å². The maximum atomic E-state index is 13.2. The van der Waals surface area contributed by atoms with Crippen LogP contribution in [0.2, 0.25) is 0 Å². The van der Waals surface area contributed by atoms with Gasteiger partial charge in [0.15, 0.2) is 0 Å². The molecule has 0 unspecified atom stereocenters. The predicted molar refractivity (Wildman–Crippen MR) is 108 cm³/mol. The monoisotopic (exact) mass is 406 g/mol. The second kappa shape index (κ2) is 10.8. The highest BCUT2D eigenvalue weighted by Crippen LogP contribution is 2.30. The third-order valence-corrected chi connectivity index (χ3v) is 5.22. The number of hydrogen-bond donors (Lipinski definition) is 1. The quantitative estimate of drug-likeness (QED) is 0.450. The zero-order valence-electron chi connectivity index (χ0n) is 16.8. The van der Waals surface area contributed by atoms with Gasteiger partial charge in [0, 0.05) is 38.3 Å². The smallest absolute Gasteiger partial charge is 0.253 e. The number of morpholine rings is 1. The van der Waals surface area contributed by atoms with E-state index in [1.54, 1.807) is 6.08 Å². The fraction of sp³-hybridized carbons (Fsp3) is 0.591. The molecule has 0 spiro atoms. The highest BCUT2D eigenvalue weighted by atomic mass is 19.1. The second-order valence-corrected chi connectivity index (χ2v) is 7.89. The normalized spacial score (nSPS) is 21.0. The summed E-state index contributed by atoms with van der Waals surface area (Å²) in [5.74, 6) is 0.107. The van der Waals surface area contributed by atoms with Crippen molar-refractivity contribution in [3.8, 4) is 0 Å². The molecule has 2 aliphatic rings. The molecule has 1 saturated heterocycles. The number of nitrogens with zero attached hydrogens (tertiary/aromatic N) is 2. The molecule has 1 aromatic carbocycles. The fourth-order valence-corrected chi connectivity index (χ4v) is 3.57. The van der Waals surface area contributed by atoms with E-state index in [2.05, 4.69) is 11.5 Å². The SMILES string of the molecule is C=CCOC[C@@H](O)CN1CCO[C@H](CN(CC2CC2)C(=O)c2ccc(F)cc2)C1. The summed E-state index contributed by atoms with van der Waals surface area (Å²) < 4.78 is 24.4. The standard InChI is InChI=1S/C22H31FN2O4/c1-2-10-28-16-20(26)13-24-9-11-29-21(14-24)15-25(12-17-3-4-17)22(27)18-5-7-19(23)8-6-18/h2,5-8,17,20-21,26H,1,3-4,9-16H2/t20-,21-/m0/s1. The second-order valence-electron chi connectivity index (χ2n) is 7.89. The maximum Gasteiger partial charge on any atom is 0.253 e. The average Bonchev–Trinajstić information content (AvgIpc) is 3.52. The van der Waals surface area contributed by atoms with Gasteiger partial charge in [-0.2, -0.15) is 0 Å². The van der Waals surface area contributed by atoms with Crippen molar-refractivity contribution in [3.63, 3.8) is 0 Å². The van der Waals surface area contributed by atoms with Gasteiger partial charge in [0.05, 0.1) is 32.0 Å². The lowest BCUT2D eigenvalue weighted by atomic mass is 10.1. The van der Waals surface area contributed by atoms with Gasteiger partial charge in [-0.05, 0) is 43.0 Å². The lowest BCUT2D eigenvalue weighted by molar-refractivity contribution is -0.0578. The number of benzene rings is 1. The number of carbonyl (C=O) groups is 1. The Morgan fingerprint density at radius 1 is 1.38 bits per heavy atom. The van der Waals surface area contributed by atoms with E-state index in [1.807, 2.05) is 4.90 Å². The number of aliphatic hydroxyl groups excluding tert-OH is 1. The molecule has 1 heterocycles. The molecule has 0 aromatic heterocycles. The van der Waals surface area contributed by atoms with Crippen molar-refractivity contribution in [2.45, 2.75) is 25.0 Å². The van der Waals surface area contributed by atoms with Crippen molar-refractivity contribution in [2.75, 3.05) is 52.5 Å². The molecule has 2 atom stereocenters. The average molecular weight is 406 g/mol. The minimum Gasteiger partial charge on any atom is -0.389 e. The van der Waals surface area contributed by atoms with Gasteiger partial charge in [-0.1, -0.05) is 6.08 Å². The first kappa shape index (κ1) is 21.9. The molecule has 1 aromatic rings. The molecular formula is C22H31FN2O4. The van der Waals surface area contributed by atoms with E-state index in [1.165, 1.54) is 24.3 Å². The molecule has 0 radical (unpaired) electrons. The van der Waals surface area contributed by atoms with Crippen LogP contribution in [0.15, 0.2) is 36.9 Å². The van der Waals surface area contributed by atoms with Gasteiger partial charge in [-0.25, -0.2) is 4.39 Å². The highest BCUT2D eigenvalue weighted by Gasteiger charge is 2.31. The number of ether oxygens (including phenoxy) is 2. The zero-order valence-corrected chi connectivity index (χ0v) is 16.8. The van der Waals surface area contributed by atoms with Crippen LogP contribution in [0, 0.1) is 11.7 Å². The van der Waals surface area contributed by atoms with E-state index in [9.17, 15) is 14.3 Å². The molecule has 7 heteroatoms. The summed E-state index contributed by atoms with van der Waals surface area (Å²) in [7, 11) is 0. The Balaban J connectivity index is 1.54. The van der Waals surface area contributed by atoms with E-state index in [0.29, 0.717) is 50.9 Å². The highest BCUT2D eigenvalue weighted by molar-refractivity contribution is 5.94. The molecule has 1 saturated carbocycles. The largest absolute Gasteiger partial charge is 0.389 e. The van der Waals surface area contributed by atoms with Gasteiger partial charge in [0.25, 0.3) is 5.91 Å². The Morgan fingerprint density at radius 2 is 2.14 bits per heavy atom. The van der Waals surface area contributed by atoms with E-state index >= 15 is 0 Å². The van der Waals surface area contributed by atoms with Crippen molar-refractivity contribution in [3.05, 3.63) is 48.3 Å². The molecule has 1 N–H and O–H groups in total. The zero-order chi connectivity index (χ0) is 20.6. The Bertz CT molecular complexity index is 665. The Labute approximate surface area is 171 Å². The molecular weight excluding hydrogens is 375 g/mol. The van der Waals surface area contributed by atoms with Crippen LogP contribution in [0.25, 0.3) is 0 Å². The van der Waals surface area contributed by atoms with Crippen LogP contribution >= 0.6 is 0 Å². The molecule has 1 aliphatic heterocycles. The van der Waals surface area contributed by atoms with Crippen molar-refractivity contribution in [1.29, 1.82) is 0 Å². The van der Waals surface area contributed by atoms with E-state index in [0.717, 1.165) is 19.4 Å². The summed E-state index contributed by atoms with van der Waals surface area (Å²) in [5, 5.41) is 10.1. The summed E-state index contributed by atoms with van der Waals surface area (Å²) in [6.45, 7) is 7.93. The van der Waals surface area contributed by atoms with Crippen LogP contribution in [-0.4, -0.2) is 85.6 Å². The first-order valence-electron chi connectivity index (χ1n) is 10.3. The molecule has 3 rings (SSSR count). The van der Waals surface area contributed by atoms with Gasteiger partial charge in [-0.3, -0.25) is 9.69 Å². The third kappa shape index (κ3) is 7.19. The Morgan fingerprint density at radius 3 is 2.83 bits per heavy atom. The van der Waals surface area contributed by atoms with Crippen molar-refractivity contribution in [2.24, 2.45) is 5.92 Å². The summed E-state index contributed by atoms with van der Waals surface area (Å²) in [5.41, 5.74) is 0.495. The molecule has 160 valence electrons. The van der Waals surface area contributed by atoms with Crippen LogP contribution in [-0.2, 0) is 9.47 Å². The first-order chi connectivity index (χ1) is 14.0. The van der Waals surface area contributed by atoms with Gasteiger partial charge in [0.1, 0.15) is 5.82 Å². The number of rotatable bonds is 11. The summed E-state index contributed by atoms with van der Waals surface area (Å²) >= 11 is 0. The topological polar surface area (TPSA) is 62.2 Å². The third-order valence-electron chi connectivity index (χ3n) is 5.22. The minimum absolute atomic E-state index is 0.0875. The van der Waals surface area contributed by atoms with E-state index in [4.69, 9.17) is 9.47 Å². The summed E-state index contributed by atoms with van der Waals surface area (Å²) in [6.07, 6.45) is 3.25. The lowest BCUT2D eigenvalue weighted by Crippen LogP contribution is -2.51. The number of hydrogen-bond acceptors (Lipinski definition) is 5. The lowest BCUT2D eigenvalue weighted by Gasteiger charge is -2.36. The Kier molecular flexibility index (Phi) is 8.18. The molecule has 1 aliphatic carbocycles. The predicted octanol–water partition coefficient (Wildman–Crippen LogP) is 1.94. The van der Waals surface area contributed by atoms with Crippen molar-refractivity contribution < 1.29 is 23.8 Å². The minimum atomic E-state index is -0.572. The number of β-amino-alcohol motifs (C(OH)–C–C–N with tert-alkyl or cyclic N) is 1. The van der Waals surface area contributed by atoms with Crippen LogP contribution in [0.1, 0.15) is 23.2 Å². The fourth-order valence-electron chi connectivity index (χ4n) is 3.57. The van der Waals surface area contributed by atoms with Gasteiger partial charge < -0.3 is 19.5 Å². The van der Waals surface area contributed by atoms with Crippen LogP contribution in [0.4, 0.5) is 4.39 Å². The number of carbonyl (C=O) groups excluding carboxylic acids is 1. The van der Waals surface area contributed by atoms with Crippen LogP contribution < -0.4 is 0 Å². The summed E-state index contributed by atoms with van der Waals surface area (Å²) in [4.78, 5) is 17.0. The first-order valence-corrected chi connectivity index (χ1v) is 10.3. The number of amides is 1. The van der Waals surface area contributed by atoms with Gasteiger partial charge in [0.2, 0.25) is 0 Å². The van der Waals surface area contributed by atoms with Crippen molar-refractivity contribution in [1.82, 2.24) is 9.80 Å². The van der Waals surface area contributed by atoms with Crippen LogP contribution in [0.5, 0.6) is 0 Å².